The molecule has 0 aromatic heterocycles. The van der Waals surface area contributed by atoms with Crippen LogP contribution in [0.1, 0.15) is 81.1 Å². The highest BCUT2D eigenvalue weighted by molar-refractivity contribution is 6.19. The Kier molecular flexibility index (Phi) is 7.09. The van der Waals surface area contributed by atoms with Gasteiger partial charge in [-0.15, -0.1) is 0 Å². The summed E-state index contributed by atoms with van der Waals surface area (Å²) in [7, 11) is 0. The van der Waals surface area contributed by atoms with Crippen LogP contribution >= 0.6 is 0 Å². The van der Waals surface area contributed by atoms with Crippen LogP contribution in [0, 0.1) is 22.7 Å². The molecule has 0 bridgehead atoms. The number of esters is 2. The minimum absolute atomic E-state index is 0.240. The molecular weight excluding hydrogens is 544 g/mol. The van der Waals surface area contributed by atoms with E-state index in [2.05, 4.69) is 13.8 Å². The van der Waals surface area contributed by atoms with E-state index in [1.165, 1.54) is 39.8 Å². The van der Waals surface area contributed by atoms with Gasteiger partial charge in [0.05, 0.1) is 0 Å². The van der Waals surface area contributed by atoms with Crippen LogP contribution in [-0.4, -0.2) is 70.7 Å². The maximum Gasteiger partial charge on any atom is 0.303 e. The monoisotopic (exact) mass is 584 g/mol. The van der Waals surface area contributed by atoms with Crippen molar-refractivity contribution in [2.75, 3.05) is 0 Å². The molecule has 0 spiro atoms. The lowest BCUT2D eigenvalue weighted by Gasteiger charge is -2.46. The van der Waals surface area contributed by atoms with Crippen LogP contribution < -0.4 is 0 Å². The molecule has 0 N–H and O–H groups in total. The average molecular weight is 585 g/mol. The Labute approximate surface area is 245 Å². The Morgan fingerprint density at radius 2 is 1.00 bits per heavy atom. The van der Waals surface area contributed by atoms with Crippen LogP contribution in [0.15, 0.2) is 23.3 Å². The van der Waals surface area contributed by atoms with Crippen LogP contribution in [-0.2, 0) is 47.7 Å². The van der Waals surface area contributed by atoms with E-state index >= 15 is 0 Å². The van der Waals surface area contributed by atoms with Gasteiger partial charge < -0.3 is 18.9 Å². The van der Waals surface area contributed by atoms with Crippen LogP contribution in [0.4, 0.5) is 0 Å². The maximum atomic E-state index is 12.4. The third-order valence-electron chi connectivity index (χ3n) is 11.0. The second-order valence-corrected chi connectivity index (χ2v) is 13.2. The number of rotatable bonds is 4. The van der Waals surface area contributed by atoms with Crippen molar-refractivity contribution in [3.63, 3.8) is 0 Å². The molecule has 2 heterocycles. The van der Waals surface area contributed by atoms with Gasteiger partial charge >= 0.3 is 11.9 Å². The van der Waals surface area contributed by atoms with Crippen molar-refractivity contribution in [3.05, 3.63) is 23.3 Å². The molecule has 2 saturated heterocycles. The maximum absolute atomic E-state index is 12.4. The van der Waals surface area contributed by atoms with Crippen molar-refractivity contribution < 1.29 is 47.7 Å². The molecule has 10 heteroatoms. The first-order chi connectivity index (χ1) is 19.5. The Hall–Kier alpha value is -2.98. The van der Waals surface area contributed by atoms with Crippen molar-refractivity contribution >= 4 is 35.1 Å². The van der Waals surface area contributed by atoms with E-state index < -0.39 is 34.2 Å². The summed E-state index contributed by atoms with van der Waals surface area (Å²) in [5, 5.41) is 0. The summed E-state index contributed by atoms with van der Waals surface area (Å²) in [5.74, 6) is -1.29. The minimum Gasteiger partial charge on any atom is -0.458 e. The van der Waals surface area contributed by atoms with Gasteiger partial charge in [-0.3, -0.25) is 28.8 Å². The van der Waals surface area contributed by atoms with Gasteiger partial charge in [-0.25, -0.2) is 0 Å². The van der Waals surface area contributed by atoms with Gasteiger partial charge in [-0.05, 0) is 74.7 Å². The number of Topliss-reactive ketones (excluding diaryl/α,β-unsaturated/α-hetero) is 2. The predicted molar refractivity (Wildman–Crippen MR) is 147 cm³/mol. The summed E-state index contributed by atoms with van der Waals surface area (Å²) >= 11 is 0. The topological polar surface area (TPSA) is 146 Å². The molecule has 0 unspecified atom stereocenters. The number of hydrogen-bond acceptors (Lipinski definition) is 10. The van der Waals surface area contributed by atoms with Crippen LogP contribution in [0.25, 0.3) is 0 Å². The molecule has 6 aliphatic rings. The van der Waals surface area contributed by atoms with Crippen LogP contribution in [0.5, 0.6) is 0 Å². The van der Waals surface area contributed by atoms with E-state index in [1.54, 1.807) is 0 Å². The van der Waals surface area contributed by atoms with Crippen molar-refractivity contribution in [3.8, 4) is 0 Å². The van der Waals surface area contributed by atoms with Gasteiger partial charge in [0.15, 0.2) is 23.1 Å². The molecule has 6 rings (SSSR count). The first-order valence-corrected chi connectivity index (χ1v) is 14.7. The number of epoxide rings is 2. The molecule has 42 heavy (non-hydrogen) atoms. The smallest absolute Gasteiger partial charge is 0.303 e. The van der Waals surface area contributed by atoms with Gasteiger partial charge in [0.2, 0.25) is 11.2 Å². The van der Waals surface area contributed by atoms with Crippen molar-refractivity contribution in [1.29, 1.82) is 0 Å². The second kappa shape index (κ2) is 9.77. The van der Waals surface area contributed by atoms with E-state index in [4.69, 9.17) is 18.9 Å². The van der Waals surface area contributed by atoms with E-state index in [1.807, 2.05) is 13.8 Å². The third kappa shape index (κ3) is 4.04. The molecule has 2 saturated carbocycles. The van der Waals surface area contributed by atoms with Crippen molar-refractivity contribution in [2.45, 2.75) is 117 Å². The second-order valence-electron chi connectivity index (χ2n) is 13.2. The SMILES string of the molecule is CC(=O)O[C@@H]1CC[C@H](C)[C@]2(C)C1=CC(=O)[C@]1(C(C)=O)O[C@@H]12.CC(=O)O[C@@H]1CC[C@H](C)[C@]2(C)C1=CC(=O)[C@]1(C(C)=O)O[C@@H]12. The minimum atomic E-state index is -1.29. The Balaban J connectivity index is 0.000000168. The zero-order valence-electron chi connectivity index (χ0n) is 25.5. The lowest BCUT2D eigenvalue weighted by Crippen LogP contribution is -2.52. The molecule has 0 aromatic rings. The highest BCUT2D eigenvalue weighted by Gasteiger charge is 2.77. The molecule has 4 aliphatic carbocycles. The number of fused-ring (bicyclic) bond motifs is 6. The summed E-state index contributed by atoms with van der Waals surface area (Å²) in [4.78, 5) is 71.1. The molecule has 0 radical (unpaired) electrons. The van der Waals surface area contributed by atoms with Gasteiger partial charge in [0.25, 0.3) is 0 Å². The first kappa shape index (κ1) is 30.5. The number of hydrogen-bond donors (Lipinski definition) is 0. The number of ketones is 4. The zero-order valence-corrected chi connectivity index (χ0v) is 25.5. The van der Waals surface area contributed by atoms with Crippen molar-refractivity contribution in [2.24, 2.45) is 22.7 Å². The summed E-state index contributed by atoms with van der Waals surface area (Å²) in [6, 6.07) is 0. The summed E-state index contributed by atoms with van der Waals surface area (Å²) in [6.07, 6.45) is 4.50. The first-order valence-electron chi connectivity index (χ1n) is 14.7. The molecule has 4 fully saturated rings. The fourth-order valence-corrected chi connectivity index (χ4v) is 8.08. The molecule has 10 atom stereocenters. The molecule has 228 valence electrons. The lowest BCUT2D eigenvalue weighted by molar-refractivity contribution is -0.148. The predicted octanol–water partition coefficient (Wildman–Crippen LogP) is 3.18. The van der Waals surface area contributed by atoms with Crippen molar-refractivity contribution in [1.82, 2.24) is 0 Å². The lowest BCUT2D eigenvalue weighted by atomic mass is 9.57. The quantitative estimate of drug-likeness (QED) is 0.274. The molecule has 2 aliphatic heterocycles. The van der Waals surface area contributed by atoms with Crippen LogP contribution in [0.3, 0.4) is 0 Å². The Morgan fingerprint density at radius 3 is 1.29 bits per heavy atom. The third-order valence-corrected chi connectivity index (χ3v) is 11.0. The molecule has 10 nitrogen and oxygen atoms in total. The standard InChI is InChI=1S/2C16H20O5/c2*1-8-5-6-12(20-10(3)18)11-7-13(19)16(9(2)17)14(21-16)15(8,11)4/h2*7-8,12,14H,5-6H2,1-4H3/t2*8-,12+,14+,15+,16-/m00/s1. The van der Waals surface area contributed by atoms with E-state index in [-0.39, 0.29) is 59.1 Å². The van der Waals surface area contributed by atoms with E-state index in [0.29, 0.717) is 12.8 Å². The normalized spacial score (nSPS) is 44.3. The summed E-state index contributed by atoms with van der Waals surface area (Å²) in [6.45, 7) is 13.8. The zero-order chi connectivity index (χ0) is 31.2. The molecular formula is C32H40O10. The Bertz CT molecular complexity index is 1260. The number of carbonyl (C=O) groups excluding carboxylic acids is 6. The van der Waals surface area contributed by atoms with Gasteiger partial charge in [-0.2, -0.15) is 0 Å². The fraction of sp³-hybridized carbons (Fsp3) is 0.688. The van der Waals surface area contributed by atoms with Gasteiger partial charge in [0, 0.05) is 24.7 Å². The van der Waals surface area contributed by atoms with Gasteiger partial charge in [-0.1, -0.05) is 27.7 Å². The van der Waals surface area contributed by atoms with Gasteiger partial charge in [0.1, 0.15) is 24.4 Å². The van der Waals surface area contributed by atoms with Crippen LogP contribution in [0.2, 0.25) is 0 Å². The molecule has 0 amide bonds. The largest absolute Gasteiger partial charge is 0.458 e. The van der Waals surface area contributed by atoms with E-state index in [9.17, 15) is 28.8 Å². The average Bonchev–Trinajstić information content (AvgIpc) is 3.80. The fourth-order valence-electron chi connectivity index (χ4n) is 8.08. The highest BCUT2D eigenvalue weighted by Crippen LogP contribution is 2.63. The number of carbonyl (C=O) groups is 6. The Morgan fingerprint density at radius 1 is 0.667 bits per heavy atom. The number of ether oxygens (including phenoxy) is 4. The highest BCUT2D eigenvalue weighted by atomic mass is 16.6. The summed E-state index contributed by atoms with van der Waals surface area (Å²) in [5.41, 5.74) is -1.83. The van der Waals surface area contributed by atoms with E-state index in [0.717, 1.165) is 24.0 Å². The summed E-state index contributed by atoms with van der Waals surface area (Å²) < 4.78 is 22.1. The molecule has 0 aromatic carbocycles.